The van der Waals surface area contributed by atoms with Crippen LogP contribution in [0.3, 0.4) is 0 Å². The van der Waals surface area contributed by atoms with Gasteiger partial charge in [0.25, 0.3) is 0 Å². The summed E-state index contributed by atoms with van der Waals surface area (Å²) in [4.78, 5) is 0. The Labute approximate surface area is 273 Å². The second kappa shape index (κ2) is 9.57. The fourth-order valence-corrected chi connectivity index (χ4v) is 8.23. The van der Waals surface area contributed by atoms with E-state index in [1.807, 2.05) is 12.1 Å². The van der Waals surface area contributed by atoms with E-state index in [9.17, 15) is 0 Å². The van der Waals surface area contributed by atoms with Crippen molar-refractivity contribution >= 4 is 43.7 Å². The standard InChI is InChI=1S/C45H31NO/c1-45(2)38-15-6-3-10-33(38)35-26-27-40-42(43(35)45)37-12-4-7-16-39(37)46(40)31-24-22-29(23-25-31)28-18-20-30(21-19-28)32-13-9-14-36-34-11-5-8-17-41(34)47-44(32)36/h3-27H,1-2H3. The fourth-order valence-electron chi connectivity index (χ4n) is 8.23. The Morgan fingerprint density at radius 2 is 1.11 bits per heavy atom. The van der Waals surface area contributed by atoms with Crippen molar-refractivity contribution in [2.75, 3.05) is 0 Å². The van der Waals surface area contributed by atoms with Crippen molar-refractivity contribution in [1.82, 2.24) is 4.57 Å². The van der Waals surface area contributed by atoms with Gasteiger partial charge in [0.2, 0.25) is 0 Å². The molecule has 47 heavy (non-hydrogen) atoms. The molecule has 2 aromatic heterocycles. The number of para-hydroxylation sites is 3. The minimum atomic E-state index is -0.0770. The van der Waals surface area contributed by atoms with E-state index in [0.717, 1.165) is 33.1 Å². The number of fused-ring (bicyclic) bond motifs is 10. The summed E-state index contributed by atoms with van der Waals surface area (Å²) in [5.74, 6) is 0. The lowest BCUT2D eigenvalue weighted by molar-refractivity contribution is 0.666. The van der Waals surface area contributed by atoms with E-state index in [1.54, 1.807) is 0 Å². The summed E-state index contributed by atoms with van der Waals surface area (Å²) in [6.07, 6.45) is 0. The van der Waals surface area contributed by atoms with Gasteiger partial charge in [-0.15, -0.1) is 0 Å². The molecule has 0 aliphatic heterocycles. The first-order valence-corrected chi connectivity index (χ1v) is 16.4. The molecule has 222 valence electrons. The smallest absolute Gasteiger partial charge is 0.143 e. The summed E-state index contributed by atoms with van der Waals surface area (Å²) in [6.45, 7) is 4.75. The van der Waals surface area contributed by atoms with Crippen molar-refractivity contribution in [3.8, 4) is 39.1 Å². The SMILES string of the molecule is CC1(C)c2ccccc2-c2ccc3c(c21)c1ccccc1n3-c1ccc(-c2ccc(-c3cccc4c3oc3ccccc34)cc2)cc1. The maximum absolute atomic E-state index is 6.31. The number of hydrogen-bond acceptors (Lipinski definition) is 1. The van der Waals surface area contributed by atoms with E-state index < -0.39 is 0 Å². The van der Waals surface area contributed by atoms with Crippen LogP contribution in [0, 0.1) is 0 Å². The Morgan fingerprint density at radius 3 is 1.94 bits per heavy atom. The summed E-state index contributed by atoms with van der Waals surface area (Å²) < 4.78 is 8.75. The monoisotopic (exact) mass is 601 g/mol. The molecular formula is C45H31NO. The second-order valence-electron chi connectivity index (χ2n) is 13.3. The van der Waals surface area contributed by atoms with Gasteiger partial charge in [0.15, 0.2) is 0 Å². The highest BCUT2D eigenvalue weighted by Gasteiger charge is 2.37. The fraction of sp³-hybridized carbons (Fsp3) is 0.0667. The van der Waals surface area contributed by atoms with E-state index in [0.29, 0.717) is 0 Å². The van der Waals surface area contributed by atoms with Crippen LogP contribution in [-0.4, -0.2) is 4.57 Å². The van der Waals surface area contributed by atoms with Crippen molar-refractivity contribution in [3.05, 3.63) is 163 Å². The van der Waals surface area contributed by atoms with Crippen molar-refractivity contribution in [2.45, 2.75) is 19.3 Å². The third-order valence-electron chi connectivity index (χ3n) is 10.4. The molecular weight excluding hydrogens is 571 g/mol. The van der Waals surface area contributed by atoms with E-state index in [-0.39, 0.29) is 5.41 Å². The molecule has 0 unspecified atom stereocenters. The highest BCUT2D eigenvalue weighted by atomic mass is 16.3. The van der Waals surface area contributed by atoms with Gasteiger partial charge in [-0.25, -0.2) is 0 Å². The minimum absolute atomic E-state index is 0.0770. The Balaban J connectivity index is 1.05. The Bertz CT molecular complexity index is 2680. The van der Waals surface area contributed by atoms with Crippen LogP contribution in [-0.2, 0) is 5.41 Å². The first-order valence-electron chi connectivity index (χ1n) is 16.4. The van der Waals surface area contributed by atoms with Crippen LogP contribution in [0.25, 0.3) is 82.8 Å². The predicted octanol–water partition coefficient (Wildman–Crippen LogP) is 12.3. The molecule has 1 aliphatic carbocycles. The van der Waals surface area contributed by atoms with Gasteiger partial charge in [-0.05, 0) is 69.3 Å². The van der Waals surface area contributed by atoms with Crippen molar-refractivity contribution in [1.29, 1.82) is 0 Å². The normalized spacial score (nSPS) is 13.5. The van der Waals surface area contributed by atoms with Crippen LogP contribution in [0.4, 0.5) is 0 Å². The highest BCUT2D eigenvalue weighted by molar-refractivity contribution is 6.14. The van der Waals surface area contributed by atoms with Gasteiger partial charge in [0, 0.05) is 38.2 Å². The molecule has 2 heterocycles. The molecule has 0 saturated heterocycles. The molecule has 0 atom stereocenters. The summed E-state index contributed by atoms with van der Waals surface area (Å²) in [5, 5.41) is 4.97. The van der Waals surface area contributed by atoms with Crippen LogP contribution in [0.5, 0.6) is 0 Å². The Kier molecular flexibility index (Phi) is 5.37. The molecule has 2 heteroatoms. The van der Waals surface area contributed by atoms with Crippen LogP contribution >= 0.6 is 0 Å². The maximum Gasteiger partial charge on any atom is 0.143 e. The van der Waals surface area contributed by atoms with Gasteiger partial charge in [-0.3, -0.25) is 0 Å². The van der Waals surface area contributed by atoms with E-state index in [4.69, 9.17) is 4.42 Å². The van der Waals surface area contributed by atoms with Crippen molar-refractivity contribution in [3.63, 3.8) is 0 Å². The summed E-state index contributed by atoms with van der Waals surface area (Å²) in [5.41, 5.74) is 15.6. The second-order valence-corrected chi connectivity index (χ2v) is 13.3. The summed E-state index contributed by atoms with van der Waals surface area (Å²) >= 11 is 0. The lowest BCUT2D eigenvalue weighted by Crippen LogP contribution is -2.15. The number of furan rings is 1. The molecule has 7 aromatic carbocycles. The Morgan fingerprint density at radius 1 is 0.468 bits per heavy atom. The van der Waals surface area contributed by atoms with E-state index in [1.165, 1.54) is 60.9 Å². The lowest BCUT2D eigenvalue weighted by Gasteiger charge is -2.22. The molecule has 9 aromatic rings. The predicted molar refractivity (Wildman–Crippen MR) is 196 cm³/mol. The van der Waals surface area contributed by atoms with Crippen LogP contribution in [0.2, 0.25) is 0 Å². The van der Waals surface area contributed by atoms with Crippen molar-refractivity contribution in [2.24, 2.45) is 0 Å². The first kappa shape index (κ1) is 26.4. The lowest BCUT2D eigenvalue weighted by atomic mass is 9.80. The average Bonchev–Trinajstić information content (AvgIpc) is 3.74. The van der Waals surface area contributed by atoms with Crippen LogP contribution in [0.1, 0.15) is 25.0 Å². The molecule has 2 nitrogen and oxygen atoms in total. The average molecular weight is 602 g/mol. The van der Waals surface area contributed by atoms with Gasteiger partial charge in [-0.1, -0.05) is 135 Å². The number of aromatic nitrogens is 1. The number of rotatable bonds is 3. The number of hydrogen-bond donors (Lipinski definition) is 0. The third kappa shape index (κ3) is 3.67. The van der Waals surface area contributed by atoms with Crippen LogP contribution in [0.15, 0.2) is 156 Å². The largest absolute Gasteiger partial charge is 0.455 e. The molecule has 0 amide bonds. The van der Waals surface area contributed by atoms with Gasteiger partial charge < -0.3 is 8.98 Å². The van der Waals surface area contributed by atoms with Gasteiger partial charge in [0.1, 0.15) is 11.2 Å². The number of nitrogens with zero attached hydrogens (tertiary/aromatic N) is 1. The van der Waals surface area contributed by atoms with E-state index in [2.05, 4.69) is 158 Å². The molecule has 0 spiro atoms. The summed E-state index contributed by atoms with van der Waals surface area (Å²) in [7, 11) is 0. The van der Waals surface area contributed by atoms with Crippen molar-refractivity contribution < 1.29 is 4.42 Å². The zero-order valence-electron chi connectivity index (χ0n) is 26.3. The molecule has 0 fully saturated rings. The van der Waals surface area contributed by atoms with Crippen LogP contribution < -0.4 is 0 Å². The number of benzene rings is 7. The molecule has 0 bridgehead atoms. The first-order chi connectivity index (χ1) is 23.1. The summed E-state index contributed by atoms with van der Waals surface area (Å²) in [6, 6.07) is 55.0. The quantitative estimate of drug-likeness (QED) is 0.197. The highest BCUT2D eigenvalue weighted by Crippen LogP contribution is 2.53. The maximum atomic E-state index is 6.31. The molecule has 0 saturated carbocycles. The molecule has 1 aliphatic rings. The van der Waals surface area contributed by atoms with E-state index >= 15 is 0 Å². The Hall–Kier alpha value is -5.86. The third-order valence-corrected chi connectivity index (χ3v) is 10.4. The molecule has 10 rings (SSSR count). The van der Waals surface area contributed by atoms with Gasteiger partial charge >= 0.3 is 0 Å². The molecule has 0 radical (unpaired) electrons. The zero-order chi connectivity index (χ0) is 31.3. The minimum Gasteiger partial charge on any atom is -0.455 e. The van der Waals surface area contributed by atoms with Gasteiger partial charge in [-0.2, -0.15) is 0 Å². The topological polar surface area (TPSA) is 18.1 Å². The molecule has 0 N–H and O–H groups in total. The zero-order valence-corrected chi connectivity index (χ0v) is 26.3. The van der Waals surface area contributed by atoms with Gasteiger partial charge in [0.05, 0.1) is 11.0 Å².